The molecule has 3 heterocycles. The van der Waals surface area contributed by atoms with Gasteiger partial charge in [0.1, 0.15) is 5.76 Å². The Labute approximate surface area is 131 Å². The summed E-state index contributed by atoms with van der Waals surface area (Å²) in [5.41, 5.74) is -0.115. The van der Waals surface area contributed by atoms with Gasteiger partial charge in [-0.25, -0.2) is 9.37 Å². The maximum Gasteiger partial charge on any atom is 0.265 e. The van der Waals surface area contributed by atoms with E-state index in [9.17, 15) is 9.18 Å². The Morgan fingerprint density at radius 2 is 2.41 bits per heavy atom. The number of alkyl halides is 1. The number of hydrogen-bond donors (Lipinski definition) is 1. The molecule has 118 valence electrons. The number of nitrogens with zero attached hydrogens (tertiary/aromatic N) is 3. The Kier molecular flexibility index (Phi) is 3.96. The highest BCUT2D eigenvalue weighted by Crippen LogP contribution is 2.29. The number of amides is 1. The largest absolute Gasteiger partial charge is 0.361 e. The van der Waals surface area contributed by atoms with E-state index in [-0.39, 0.29) is 13.0 Å². The molecule has 3 rings (SSSR count). The molecule has 1 N–H and O–H groups in total. The van der Waals surface area contributed by atoms with Crippen molar-refractivity contribution in [3.63, 3.8) is 0 Å². The van der Waals surface area contributed by atoms with Crippen molar-refractivity contribution in [2.24, 2.45) is 0 Å². The summed E-state index contributed by atoms with van der Waals surface area (Å²) in [5.74, 6) is 0.116. The second-order valence-corrected chi connectivity index (χ2v) is 6.41. The average molecular weight is 324 g/mol. The highest BCUT2D eigenvalue weighted by atomic mass is 32.1. The number of aromatic nitrogens is 2. The number of likely N-dealkylation sites (tertiary alicyclic amines) is 1. The van der Waals surface area contributed by atoms with Crippen LogP contribution in [-0.4, -0.2) is 39.7 Å². The van der Waals surface area contributed by atoms with Crippen LogP contribution in [0, 0.1) is 13.8 Å². The lowest BCUT2D eigenvalue weighted by Gasteiger charge is -2.19. The molecule has 2 aromatic rings. The van der Waals surface area contributed by atoms with E-state index in [0.717, 1.165) is 17.0 Å². The third-order valence-electron chi connectivity index (χ3n) is 3.92. The molecule has 1 atom stereocenters. The lowest BCUT2D eigenvalue weighted by Crippen LogP contribution is -2.41. The Morgan fingerprint density at radius 3 is 3.05 bits per heavy atom. The van der Waals surface area contributed by atoms with Crippen LogP contribution in [0.2, 0.25) is 0 Å². The molecule has 1 amide bonds. The van der Waals surface area contributed by atoms with Gasteiger partial charge in [0.05, 0.1) is 5.69 Å². The zero-order valence-corrected chi connectivity index (χ0v) is 13.2. The summed E-state index contributed by atoms with van der Waals surface area (Å²) in [7, 11) is 0. The van der Waals surface area contributed by atoms with Crippen LogP contribution in [0.4, 0.5) is 9.52 Å². The number of aryl methyl sites for hydroxylation is 2. The van der Waals surface area contributed by atoms with Gasteiger partial charge in [-0.1, -0.05) is 5.16 Å². The van der Waals surface area contributed by atoms with E-state index in [0.29, 0.717) is 18.2 Å². The van der Waals surface area contributed by atoms with E-state index >= 15 is 0 Å². The number of hydrogen-bond acceptors (Lipinski definition) is 6. The average Bonchev–Trinajstić information content (AvgIpc) is 3.18. The van der Waals surface area contributed by atoms with E-state index in [1.807, 2.05) is 18.7 Å². The number of carbonyl (C=O) groups excluding carboxylic acids is 1. The van der Waals surface area contributed by atoms with Crippen LogP contribution >= 0.6 is 11.3 Å². The maximum atomic E-state index is 14.9. The monoisotopic (exact) mass is 324 g/mol. The van der Waals surface area contributed by atoms with E-state index in [1.165, 1.54) is 11.3 Å². The van der Waals surface area contributed by atoms with E-state index in [4.69, 9.17) is 4.52 Å². The van der Waals surface area contributed by atoms with Crippen molar-refractivity contribution in [2.75, 3.05) is 18.4 Å². The van der Waals surface area contributed by atoms with Crippen molar-refractivity contribution < 1.29 is 13.7 Å². The molecule has 0 saturated carbocycles. The molecule has 1 aliphatic rings. The highest BCUT2D eigenvalue weighted by molar-refractivity contribution is 7.13. The number of nitrogens with one attached hydrogen (secondary N) is 1. The molecule has 2 aromatic heterocycles. The fourth-order valence-corrected chi connectivity index (χ4v) is 3.14. The fourth-order valence-electron chi connectivity index (χ4n) is 2.61. The van der Waals surface area contributed by atoms with Crippen LogP contribution in [0.3, 0.4) is 0 Å². The van der Waals surface area contributed by atoms with Gasteiger partial charge in [0, 0.05) is 43.2 Å². The van der Waals surface area contributed by atoms with Crippen LogP contribution in [0.15, 0.2) is 16.1 Å². The van der Waals surface area contributed by atoms with Gasteiger partial charge in [0.2, 0.25) is 5.67 Å². The normalized spacial score (nSPS) is 22.1. The molecule has 0 radical (unpaired) electrons. The van der Waals surface area contributed by atoms with Gasteiger partial charge in [-0.05, 0) is 13.8 Å². The zero-order valence-electron chi connectivity index (χ0n) is 12.4. The van der Waals surface area contributed by atoms with Crippen LogP contribution in [0.5, 0.6) is 0 Å². The summed E-state index contributed by atoms with van der Waals surface area (Å²) in [5, 5.41) is 8.60. The van der Waals surface area contributed by atoms with E-state index in [1.54, 1.807) is 11.6 Å². The molecule has 8 heteroatoms. The van der Waals surface area contributed by atoms with Gasteiger partial charge in [0.15, 0.2) is 5.13 Å². The van der Waals surface area contributed by atoms with E-state index < -0.39 is 11.6 Å². The Balaban J connectivity index is 1.64. The number of anilines is 1. The summed E-state index contributed by atoms with van der Waals surface area (Å²) in [6.07, 6.45) is 1.75. The Morgan fingerprint density at radius 1 is 1.59 bits per heavy atom. The fraction of sp³-hybridized carbons (Fsp3) is 0.500. The van der Waals surface area contributed by atoms with Gasteiger partial charge in [-0.15, -0.1) is 11.3 Å². The Hall–Kier alpha value is -1.80. The molecular weight excluding hydrogens is 307 g/mol. The second kappa shape index (κ2) is 5.77. The van der Waals surface area contributed by atoms with Gasteiger partial charge >= 0.3 is 0 Å². The first-order chi connectivity index (χ1) is 10.5. The Bertz CT molecular complexity index is 653. The molecule has 0 spiro atoms. The zero-order chi connectivity index (χ0) is 15.7. The SMILES string of the molecule is Cc1noc(C)c1CN1CCC(F)(C(=O)Nc2nccs2)C1. The summed E-state index contributed by atoms with van der Waals surface area (Å²) in [4.78, 5) is 18.0. The minimum Gasteiger partial charge on any atom is -0.361 e. The predicted octanol–water partition coefficient (Wildman–Crippen LogP) is 2.30. The van der Waals surface area contributed by atoms with Crippen molar-refractivity contribution in [2.45, 2.75) is 32.5 Å². The number of halogens is 1. The molecule has 22 heavy (non-hydrogen) atoms. The first-order valence-electron chi connectivity index (χ1n) is 7.02. The minimum atomic E-state index is -1.88. The third kappa shape index (κ3) is 2.89. The van der Waals surface area contributed by atoms with Gasteiger partial charge in [-0.2, -0.15) is 0 Å². The lowest BCUT2D eigenvalue weighted by molar-refractivity contribution is -0.126. The molecule has 1 fully saturated rings. The summed E-state index contributed by atoms with van der Waals surface area (Å²) in [6, 6.07) is 0. The third-order valence-corrected chi connectivity index (χ3v) is 4.61. The van der Waals surface area contributed by atoms with Gasteiger partial charge in [0.25, 0.3) is 5.91 Å². The lowest BCUT2D eigenvalue weighted by atomic mass is 10.1. The van der Waals surface area contributed by atoms with Crippen LogP contribution < -0.4 is 5.32 Å². The van der Waals surface area contributed by atoms with Crippen LogP contribution in [-0.2, 0) is 11.3 Å². The standard InChI is InChI=1S/C14H17FN4O2S/c1-9-11(10(2)21-18-9)7-19-5-3-14(15,8-19)12(20)17-13-16-4-6-22-13/h4,6H,3,5,7-8H2,1-2H3,(H,16,17,20). The predicted molar refractivity (Wildman–Crippen MR) is 80.5 cm³/mol. The first-order valence-corrected chi connectivity index (χ1v) is 7.90. The maximum absolute atomic E-state index is 14.9. The van der Waals surface area contributed by atoms with Crippen molar-refractivity contribution in [1.82, 2.24) is 15.0 Å². The molecule has 0 aliphatic carbocycles. The van der Waals surface area contributed by atoms with Crippen LogP contribution in [0.25, 0.3) is 0 Å². The smallest absolute Gasteiger partial charge is 0.265 e. The van der Waals surface area contributed by atoms with Crippen molar-refractivity contribution >= 4 is 22.4 Å². The van der Waals surface area contributed by atoms with Gasteiger partial charge in [-0.3, -0.25) is 15.0 Å². The molecular formula is C14H17FN4O2S. The molecule has 0 aromatic carbocycles. The quantitative estimate of drug-likeness (QED) is 0.934. The molecule has 0 bridgehead atoms. The number of carbonyl (C=O) groups is 1. The summed E-state index contributed by atoms with van der Waals surface area (Å²) < 4.78 is 20.0. The highest BCUT2D eigenvalue weighted by Gasteiger charge is 2.45. The van der Waals surface area contributed by atoms with Crippen LogP contribution in [0.1, 0.15) is 23.4 Å². The van der Waals surface area contributed by atoms with Crippen molar-refractivity contribution in [3.05, 3.63) is 28.6 Å². The number of rotatable bonds is 4. The molecule has 6 nitrogen and oxygen atoms in total. The first kappa shape index (κ1) is 15.1. The number of thiazole rings is 1. The van der Waals surface area contributed by atoms with Crippen molar-refractivity contribution in [1.29, 1.82) is 0 Å². The second-order valence-electron chi connectivity index (χ2n) is 5.52. The van der Waals surface area contributed by atoms with Crippen molar-refractivity contribution in [3.8, 4) is 0 Å². The molecule has 1 saturated heterocycles. The van der Waals surface area contributed by atoms with Gasteiger partial charge < -0.3 is 4.52 Å². The topological polar surface area (TPSA) is 71.3 Å². The minimum absolute atomic E-state index is 0.0638. The summed E-state index contributed by atoms with van der Waals surface area (Å²) in [6.45, 7) is 4.82. The van der Waals surface area contributed by atoms with E-state index in [2.05, 4.69) is 15.5 Å². The molecule has 1 aliphatic heterocycles. The molecule has 1 unspecified atom stereocenters. The summed E-state index contributed by atoms with van der Waals surface area (Å²) >= 11 is 1.27.